The van der Waals surface area contributed by atoms with Crippen molar-refractivity contribution >= 4 is 23.2 Å². The molecule has 0 radical (unpaired) electrons. The van der Waals surface area contributed by atoms with Crippen LogP contribution in [0.4, 0.5) is 4.39 Å². The van der Waals surface area contributed by atoms with E-state index < -0.39 is 5.82 Å². The Labute approximate surface area is 115 Å². The van der Waals surface area contributed by atoms with Crippen LogP contribution in [0.2, 0.25) is 10.3 Å². The fraction of sp³-hybridized carbons (Fsp3) is 0.667. The largest absolute Gasteiger partial charge is 0.300 e. The topological polar surface area (TPSA) is 29.0 Å². The molecule has 98 valence electrons. The Morgan fingerprint density at radius 1 is 1.11 bits per heavy atom. The molecular weight excluding hydrogens is 276 g/mol. The molecular formula is C12H14Cl2FN3. The maximum Gasteiger partial charge on any atom is 0.197 e. The van der Waals surface area contributed by atoms with Crippen molar-refractivity contribution in [1.29, 1.82) is 0 Å². The summed E-state index contributed by atoms with van der Waals surface area (Å²) in [4.78, 5) is 10.5. The van der Waals surface area contributed by atoms with Crippen LogP contribution in [0.5, 0.6) is 0 Å². The third kappa shape index (κ3) is 2.00. The summed E-state index contributed by atoms with van der Waals surface area (Å²) in [7, 11) is 2.17. The van der Waals surface area contributed by atoms with Crippen molar-refractivity contribution in [3.05, 3.63) is 21.9 Å². The highest BCUT2D eigenvalue weighted by Gasteiger charge is 2.40. The molecule has 2 fully saturated rings. The number of rotatable bonds is 1. The van der Waals surface area contributed by atoms with Crippen molar-refractivity contribution < 1.29 is 4.39 Å². The fourth-order valence-electron chi connectivity index (χ4n) is 3.21. The molecule has 0 spiro atoms. The van der Waals surface area contributed by atoms with Gasteiger partial charge < -0.3 is 4.90 Å². The van der Waals surface area contributed by atoms with E-state index in [1.54, 1.807) is 0 Å². The summed E-state index contributed by atoms with van der Waals surface area (Å²) in [6, 6.07) is 1.17. The van der Waals surface area contributed by atoms with E-state index in [9.17, 15) is 4.39 Å². The molecule has 1 aromatic heterocycles. The van der Waals surface area contributed by atoms with Gasteiger partial charge in [-0.15, -0.1) is 0 Å². The van der Waals surface area contributed by atoms with Crippen LogP contribution in [0.1, 0.15) is 37.4 Å². The number of fused-ring (bicyclic) bond motifs is 2. The second-order valence-corrected chi connectivity index (χ2v) is 5.91. The van der Waals surface area contributed by atoms with Gasteiger partial charge in [-0.1, -0.05) is 23.2 Å². The average molecular weight is 290 g/mol. The maximum absolute atomic E-state index is 13.3. The standard InChI is InChI=1S/C12H14Cl2FN3/c1-18-7-2-3-8(18)5-6(4-7)12-16-10(13)9(15)11(14)17-12/h6-8H,2-5H2,1H3. The highest BCUT2D eigenvalue weighted by atomic mass is 35.5. The predicted octanol–water partition coefficient (Wildman–Crippen LogP) is 3.26. The van der Waals surface area contributed by atoms with Gasteiger partial charge in [0.15, 0.2) is 16.1 Å². The highest BCUT2D eigenvalue weighted by Crippen LogP contribution is 2.41. The molecule has 3 nitrogen and oxygen atoms in total. The van der Waals surface area contributed by atoms with Gasteiger partial charge in [-0.05, 0) is 32.7 Å². The number of piperidine rings is 1. The first-order valence-corrected chi connectivity index (χ1v) is 6.92. The quantitative estimate of drug-likeness (QED) is 0.743. The third-order valence-corrected chi connectivity index (χ3v) is 4.75. The third-order valence-electron chi connectivity index (χ3n) is 4.25. The molecule has 0 saturated carbocycles. The second-order valence-electron chi connectivity index (χ2n) is 5.20. The minimum absolute atomic E-state index is 0.170. The van der Waals surface area contributed by atoms with Crippen LogP contribution in [0.25, 0.3) is 0 Å². The summed E-state index contributed by atoms with van der Waals surface area (Å²) in [6.45, 7) is 0. The zero-order valence-corrected chi connectivity index (χ0v) is 11.5. The first-order chi connectivity index (χ1) is 8.56. The predicted molar refractivity (Wildman–Crippen MR) is 68.6 cm³/mol. The number of hydrogen-bond donors (Lipinski definition) is 0. The molecule has 2 aliphatic rings. The summed E-state index contributed by atoms with van der Waals surface area (Å²) < 4.78 is 13.3. The number of nitrogens with zero attached hydrogens (tertiary/aromatic N) is 3. The summed E-state index contributed by atoms with van der Waals surface area (Å²) in [5.74, 6) is 0.115. The lowest BCUT2D eigenvalue weighted by atomic mass is 9.90. The second kappa shape index (κ2) is 4.58. The first kappa shape index (κ1) is 12.6. The Morgan fingerprint density at radius 2 is 1.61 bits per heavy atom. The highest BCUT2D eigenvalue weighted by molar-refractivity contribution is 6.33. The minimum atomic E-state index is -0.724. The van der Waals surface area contributed by atoms with Crippen molar-refractivity contribution in [1.82, 2.24) is 14.9 Å². The van der Waals surface area contributed by atoms with Gasteiger partial charge in [0.25, 0.3) is 0 Å². The van der Waals surface area contributed by atoms with Crippen LogP contribution in [-0.2, 0) is 0 Å². The van der Waals surface area contributed by atoms with E-state index in [1.165, 1.54) is 12.8 Å². The minimum Gasteiger partial charge on any atom is -0.300 e. The Balaban J connectivity index is 1.88. The van der Waals surface area contributed by atoms with Crippen molar-refractivity contribution in [2.45, 2.75) is 43.7 Å². The van der Waals surface area contributed by atoms with E-state index in [2.05, 4.69) is 21.9 Å². The fourth-order valence-corrected chi connectivity index (χ4v) is 3.61. The summed E-state index contributed by atoms with van der Waals surface area (Å²) in [6.07, 6.45) is 4.46. The molecule has 2 saturated heterocycles. The van der Waals surface area contributed by atoms with Crippen LogP contribution in [-0.4, -0.2) is 34.0 Å². The molecule has 0 amide bonds. The SMILES string of the molecule is CN1C2CCC1CC(c1nc(Cl)c(F)c(Cl)n1)C2. The van der Waals surface area contributed by atoms with E-state index in [-0.39, 0.29) is 16.2 Å². The summed E-state index contributed by atoms with van der Waals surface area (Å²) in [5.41, 5.74) is 0. The lowest BCUT2D eigenvalue weighted by molar-refractivity contribution is 0.159. The van der Waals surface area contributed by atoms with E-state index in [1.807, 2.05) is 0 Å². The maximum atomic E-state index is 13.3. The van der Waals surface area contributed by atoms with Gasteiger partial charge in [-0.2, -0.15) is 0 Å². The molecule has 2 atom stereocenters. The van der Waals surface area contributed by atoms with Gasteiger partial charge in [0.2, 0.25) is 0 Å². The van der Waals surface area contributed by atoms with Crippen LogP contribution in [0.15, 0.2) is 0 Å². The van der Waals surface area contributed by atoms with Crippen molar-refractivity contribution in [2.24, 2.45) is 0 Å². The smallest absolute Gasteiger partial charge is 0.197 e. The molecule has 18 heavy (non-hydrogen) atoms. The van der Waals surface area contributed by atoms with Crippen LogP contribution in [0.3, 0.4) is 0 Å². The number of halogens is 3. The van der Waals surface area contributed by atoms with E-state index >= 15 is 0 Å². The zero-order chi connectivity index (χ0) is 12.9. The van der Waals surface area contributed by atoms with Gasteiger partial charge >= 0.3 is 0 Å². The van der Waals surface area contributed by atoms with Gasteiger partial charge in [0.1, 0.15) is 5.82 Å². The van der Waals surface area contributed by atoms with Gasteiger partial charge in [0, 0.05) is 18.0 Å². The zero-order valence-electron chi connectivity index (χ0n) is 10.0. The molecule has 2 bridgehead atoms. The van der Waals surface area contributed by atoms with E-state index in [0.29, 0.717) is 17.9 Å². The summed E-state index contributed by atoms with van der Waals surface area (Å²) >= 11 is 11.5. The molecule has 3 heterocycles. The Kier molecular flexibility index (Phi) is 3.20. The van der Waals surface area contributed by atoms with Crippen molar-refractivity contribution in [2.75, 3.05) is 7.05 Å². The normalized spacial score (nSPS) is 31.9. The molecule has 6 heteroatoms. The van der Waals surface area contributed by atoms with E-state index in [4.69, 9.17) is 23.2 Å². The monoisotopic (exact) mass is 289 g/mol. The first-order valence-electron chi connectivity index (χ1n) is 6.16. The van der Waals surface area contributed by atoms with Gasteiger partial charge in [-0.3, -0.25) is 0 Å². The molecule has 0 aliphatic carbocycles. The average Bonchev–Trinajstić information content (AvgIpc) is 2.57. The molecule has 3 rings (SSSR count). The lowest BCUT2D eigenvalue weighted by Gasteiger charge is -2.35. The Hall–Kier alpha value is -0.450. The van der Waals surface area contributed by atoms with Crippen molar-refractivity contribution in [3.63, 3.8) is 0 Å². The Bertz CT molecular complexity index is 445. The molecule has 1 aromatic rings. The lowest BCUT2D eigenvalue weighted by Crippen LogP contribution is -2.39. The molecule has 2 aliphatic heterocycles. The molecule has 2 unspecified atom stereocenters. The number of hydrogen-bond acceptors (Lipinski definition) is 3. The van der Waals surface area contributed by atoms with Crippen LogP contribution < -0.4 is 0 Å². The van der Waals surface area contributed by atoms with Crippen molar-refractivity contribution in [3.8, 4) is 0 Å². The number of aromatic nitrogens is 2. The molecule has 0 N–H and O–H groups in total. The Morgan fingerprint density at radius 3 is 2.11 bits per heavy atom. The van der Waals surface area contributed by atoms with Crippen LogP contribution >= 0.6 is 23.2 Å². The summed E-state index contributed by atoms with van der Waals surface area (Å²) in [5, 5.41) is -0.340. The van der Waals surface area contributed by atoms with Gasteiger partial charge in [-0.25, -0.2) is 14.4 Å². The molecule has 0 aromatic carbocycles. The van der Waals surface area contributed by atoms with Gasteiger partial charge in [0.05, 0.1) is 0 Å². The van der Waals surface area contributed by atoms with E-state index in [0.717, 1.165) is 12.8 Å². The van der Waals surface area contributed by atoms with Crippen LogP contribution in [0, 0.1) is 5.82 Å².